The molecular weight excluding hydrogens is 248 g/mol. The Kier molecular flexibility index (Phi) is 3.50. The molecule has 0 aliphatic heterocycles. The molecule has 19 heavy (non-hydrogen) atoms. The van der Waals surface area contributed by atoms with E-state index in [1.54, 1.807) is 0 Å². The van der Waals surface area contributed by atoms with Crippen molar-refractivity contribution in [3.8, 4) is 0 Å². The van der Waals surface area contributed by atoms with Gasteiger partial charge in [-0.3, -0.25) is 0 Å². The molecule has 0 saturated heterocycles. The molecule has 8 nitrogen and oxygen atoms in total. The molecule has 0 saturated carbocycles. The van der Waals surface area contributed by atoms with Crippen LogP contribution in [0.15, 0.2) is 6.33 Å². The molecule has 0 radical (unpaired) electrons. The average Bonchev–Trinajstić information content (AvgIpc) is 2.76. The predicted octanol–water partition coefficient (Wildman–Crippen LogP) is 0.846. The van der Waals surface area contributed by atoms with Crippen LogP contribution in [0.25, 0.3) is 11.2 Å². The van der Waals surface area contributed by atoms with Gasteiger partial charge < -0.3 is 21.1 Å². The van der Waals surface area contributed by atoms with E-state index in [0.717, 1.165) is 0 Å². The SMILES string of the molecule is CC(C)C[C@H](Nc1nc(N)c2[nH]cnc2n1)C(=O)O. The molecule has 2 rings (SSSR count). The largest absolute Gasteiger partial charge is 0.480 e. The number of hydrogen-bond acceptors (Lipinski definition) is 6. The molecule has 2 heterocycles. The highest BCUT2D eigenvalue weighted by atomic mass is 16.4. The molecular formula is C11H16N6O2. The van der Waals surface area contributed by atoms with Gasteiger partial charge in [0.2, 0.25) is 5.95 Å². The second-order valence-electron chi connectivity index (χ2n) is 4.70. The molecule has 0 bridgehead atoms. The van der Waals surface area contributed by atoms with Gasteiger partial charge in [-0.25, -0.2) is 9.78 Å². The van der Waals surface area contributed by atoms with E-state index in [1.165, 1.54) is 6.33 Å². The Hall–Kier alpha value is -2.38. The van der Waals surface area contributed by atoms with E-state index < -0.39 is 12.0 Å². The van der Waals surface area contributed by atoms with Crippen molar-refractivity contribution in [1.82, 2.24) is 19.9 Å². The number of carbonyl (C=O) groups is 1. The molecule has 1 atom stereocenters. The number of nitrogens with two attached hydrogens (primary N) is 1. The topological polar surface area (TPSA) is 130 Å². The smallest absolute Gasteiger partial charge is 0.326 e. The predicted molar refractivity (Wildman–Crippen MR) is 70.6 cm³/mol. The summed E-state index contributed by atoms with van der Waals surface area (Å²) in [6.45, 7) is 3.90. The summed E-state index contributed by atoms with van der Waals surface area (Å²) in [7, 11) is 0. The number of carboxylic acids is 1. The van der Waals surface area contributed by atoms with Crippen molar-refractivity contribution in [2.24, 2.45) is 5.92 Å². The van der Waals surface area contributed by atoms with E-state index in [1.807, 2.05) is 13.8 Å². The van der Waals surface area contributed by atoms with E-state index in [0.29, 0.717) is 17.6 Å². The number of nitrogens with zero attached hydrogens (tertiary/aromatic N) is 3. The van der Waals surface area contributed by atoms with Gasteiger partial charge in [0.1, 0.15) is 11.6 Å². The van der Waals surface area contributed by atoms with E-state index in [-0.39, 0.29) is 17.7 Å². The second kappa shape index (κ2) is 5.09. The van der Waals surface area contributed by atoms with Crippen LogP contribution in [0.2, 0.25) is 0 Å². The zero-order valence-corrected chi connectivity index (χ0v) is 10.7. The van der Waals surface area contributed by atoms with Crippen LogP contribution in [0.4, 0.5) is 11.8 Å². The number of imidazole rings is 1. The fraction of sp³-hybridized carbons (Fsp3) is 0.455. The van der Waals surface area contributed by atoms with Crippen LogP contribution < -0.4 is 11.1 Å². The van der Waals surface area contributed by atoms with Crippen molar-refractivity contribution in [3.63, 3.8) is 0 Å². The number of aliphatic carboxylic acids is 1. The number of aromatic amines is 1. The quantitative estimate of drug-likeness (QED) is 0.629. The Morgan fingerprint density at radius 1 is 1.53 bits per heavy atom. The number of H-pyrrole nitrogens is 1. The Balaban J connectivity index is 2.25. The van der Waals surface area contributed by atoms with Gasteiger partial charge >= 0.3 is 5.97 Å². The van der Waals surface area contributed by atoms with Gasteiger partial charge in [-0.1, -0.05) is 13.8 Å². The first kappa shape index (κ1) is 13.1. The normalized spacial score (nSPS) is 12.8. The molecule has 102 valence electrons. The van der Waals surface area contributed by atoms with E-state index in [4.69, 9.17) is 10.8 Å². The Labute approximate surface area is 109 Å². The number of anilines is 2. The number of hydrogen-bond donors (Lipinski definition) is 4. The van der Waals surface area contributed by atoms with Gasteiger partial charge in [-0.05, 0) is 12.3 Å². The number of rotatable bonds is 5. The molecule has 2 aromatic heterocycles. The molecule has 8 heteroatoms. The van der Waals surface area contributed by atoms with Crippen LogP contribution in [0.1, 0.15) is 20.3 Å². The van der Waals surface area contributed by atoms with Crippen LogP contribution in [-0.2, 0) is 4.79 Å². The van der Waals surface area contributed by atoms with Crippen LogP contribution in [0, 0.1) is 5.92 Å². The molecule has 0 aliphatic rings. The zero-order chi connectivity index (χ0) is 14.0. The summed E-state index contributed by atoms with van der Waals surface area (Å²) in [5, 5.41) is 11.9. The van der Waals surface area contributed by atoms with Gasteiger partial charge in [-0.15, -0.1) is 0 Å². The molecule has 0 aromatic carbocycles. The van der Waals surface area contributed by atoms with Crippen molar-refractivity contribution in [3.05, 3.63) is 6.33 Å². The minimum absolute atomic E-state index is 0.171. The van der Waals surface area contributed by atoms with E-state index >= 15 is 0 Å². The summed E-state index contributed by atoms with van der Waals surface area (Å²) >= 11 is 0. The van der Waals surface area contributed by atoms with Gasteiger partial charge in [0.25, 0.3) is 0 Å². The van der Waals surface area contributed by atoms with Crippen LogP contribution in [0.3, 0.4) is 0 Å². The molecule has 2 aromatic rings. The first-order chi connectivity index (χ1) is 8.97. The van der Waals surface area contributed by atoms with Crippen LogP contribution in [0.5, 0.6) is 0 Å². The van der Waals surface area contributed by atoms with Crippen LogP contribution >= 0.6 is 0 Å². The van der Waals surface area contributed by atoms with E-state index in [9.17, 15) is 4.79 Å². The monoisotopic (exact) mass is 264 g/mol. The van der Waals surface area contributed by atoms with Gasteiger partial charge in [0.05, 0.1) is 6.33 Å². The summed E-state index contributed by atoms with van der Waals surface area (Å²) < 4.78 is 0. The van der Waals surface area contributed by atoms with Gasteiger partial charge in [0, 0.05) is 0 Å². The maximum Gasteiger partial charge on any atom is 0.326 e. The first-order valence-corrected chi connectivity index (χ1v) is 5.93. The highest BCUT2D eigenvalue weighted by molar-refractivity contribution is 5.83. The van der Waals surface area contributed by atoms with Crippen molar-refractivity contribution < 1.29 is 9.90 Å². The number of fused-ring (bicyclic) bond motifs is 1. The molecule has 5 N–H and O–H groups in total. The summed E-state index contributed by atoms with van der Waals surface area (Å²) in [5.41, 5.74) is 6.69. The van der Waals surface area contributed by atoms with E-state index in [2.05, 4.69) is 25.3 Å². The standard InChI is InChI=1S/C11H16N6O2/c1-5(2)3-6(10(18)19)15-11-16-8(12)7-9(17-11)14-4-13-7/h4-6H,3H2,1-2H3,(H,18,19)(H4,12,13,14,15,16,17)/t6-/m0/s1. The van der Waals surface area contributed by atoms with Crippen LogP contribution in [-0.4, -0.2) is 37.1 Å². The average molecular weight is 264 g/mol. The lowest BCUT2D eigenvalue weighted by atomic mass is 10.0. The lowest BCUT2D eigenvalue weighted by molar-refractivity contribution is -0.138. The highest BCUT2D eigenvalue weighted by Gasteiger charge is 2.20. The summed E-state index contributed by atoms with van der Waals surface area (Å²) in [6, 6.07) is -0.754. The molecule has 0 fully saturated rings. The number of carboxylic acid groups (broad SMARTS) is 1. The third-order valence-corrected chi connectivity index (χ3v) is 2.62. The highest BCUT2D eigenvalue weighted by Crippen LogP contribution is 2.17. The zero-order valence-electron chi connectivity index (χ0n) is 10.7. The summed E-state index contributed by atoms with van der Waals surface area (Å²) in [4.78, 5) is 26.1. The third-order valence-electron chi connectivity index (χ3n) is 2.62. The van der Waals surface area contributed by atoms with Crippen molar-refractivity contribution in [2.45, 2.75) is 26.3 Å². The maximum atomic E-state index is 11.2. The fourth-order valence-corrected chi connectivity index (χ4v) is 1.77. The second-order valence-corrected chi connectivity index (χ2v) is 4.70. The maximum absolute atomic E-state index is 11.2. The molecule has 0 unspecified atom stereocenters. The Morgan fingerprint density at radius 2 is 2.26 bits per heavy atom. The molecule has 0 amide bonds. The van der Waals surface area contributed by atoms with Gasteiger partial charge in [-0.2, -0.15) is 9.97 Å². The van der Waals surface area contributed by atoms with Gasteiger partial charge in [0.15, 0.2) is 11.5 Å². The lowest BCUT2D eigenvalue weighted by Crippen LogP contribution is -2.31. The van der Waals surface area contributed by atoms with Crippen molar-refractivity contribution >= 4 is 28.9 Å². The summed E-state index contributed by atoms with van der Waals surface area (Å²) in [5.74, 6) is -0.304. The Morgan fingerprint density at radius 3 is 2.89 bits per heavy atom. The van der Waals surface area contributed by atoms with Crippen molar-refractivity contribution in [2.75, 3.05) is 11.1 Å². The molecule has 0 aliphatic carbocycles. The number of nitrogens with one attached hydrogen (secondary N) is 2. The number of nitrogen functional groups attached to an aromatic ring is 1. The Bertz CT molecular complexity index is 594. The fourth-order valence-electron chi connectivity index (χ4n) is 1.77. The number of aromatic nitrogens is 4. The third kappa shape index (κ3) is 2.90. The summed E-state index contributed by atoms with van der Waals surface area (Å²) in [6.07, 6.45) is 1.93. The van der Waals surface area contributed by atoms with Crippen molar-refractivity contribution in [1.29, 1.82) is 0 Å². The minimum atomic E-state index is -0.946. The lowest BCUT2D eigenvalue weighted by Gasteiger charge is -2.16. The first-order valence-electron chi connectivity index (χ1n) is 5.93. The molecule has 0 spiro atoms. The minimum Gasteiger partial charge on any atom is -0.480 e.